The van der Waals surface area contributed by atoms with Gasteiger partial charge in [0.25, 0.3) is 0 Å². The van der Waals surface area contributed by atoms with E-state index < -0.39 is 0 Å². The summed E-state index contributed by atoms with van der Waals surface area (Å²) in [6.07, 6.45) is 3.90. The molecule has 1 aliphatic carbocycles. The van der Waals surface area contributed by atoms with Crippen LogP contribution in [0.2, 0.25) is 0 Å². The maximum atomic E-state index is 5.48. The van der Waals surface area contributed by atoms with E-state index in [1.807, 2.05) is 0 Å². The molecular formula is C17H34N4O. The lowest BCUT2D eigenvalue weighted by molar-refractivity contribution is 0.181. The lowest BCUT2D eigenvalue weighted by Gasteiger charge is -2.27. The minimum Gasteiger partial charge on any atom is -0.381 e. The summed E-state index contributed by atoms with van der Waals surface area (Å²) in [5.41, 5.74) is 0. The molecule has 0 aromatic heterocycles. The zero-order valence-corrected chi connectivity index (χ0v) is 14.8. The molecule has 0 aromatic rings. The third kappa shape index (κ3) is 5.43. The van der Waals surface area contributed by atoms with E-state index in [-0.39, 0.29) is 0 Å². The van der Waals surface area contributed by atoms with Gasteiger partial charge in [0, 0.05) is 51.3 Å². The van der Waals surface area contributed by atoms with Crippen molar-refractivity contribution >= 4 is 5.96 Å². The molecule has 2 fully saturated rings. The molecule has 22 heavy (non-hydrogen) atoms. The van der Waals surface area contributed by atoms with Crippen molar-refractivity contribution in [3.63, 3.8) is 0 Å². The number of nitrogens with one attached hydrogen (secondary N) is 1. The maximum absolute atomic E-state index is 5.48. The van der Waals surface area contributed by atoms with Crippen molar-refractivity contribution in [3.8, 4) is 0 Å². The Balaban J connectivity index is 1.82. The highest BCUT2D eigenvalue weighted by Gasteiger charge is 2.30. The summed E-state index contributed by atoms with van der Waals surface area (Å²) in [4.78, 5) is 9.70. The summed E-state index contributed by atoms with van der Waals surface area (Å²) in [5.74, 6) is 1.68. The summed E-state index contributed by atoms with van der Waals surface area (Å²) in [7, 11) is 2.14. The van der Waals surface area contributed by atoms with E-state index in [1.54, 1.807) is 0 Å². The first-order valence-electron chi connectivity index (χ1n) is 8.94. The fourth-order valence-corrected chi connectivity index (χ4v) is 3.21. The zero-order chi connectivity index (χ0) is 15.9. The van der Waals surface area contributed by atoms with Crippen LogP contribution >= 0.6 is 0 Å². The second-order valence-electron chi connectivity index (χ2n) is 6.91. The molecule has 2 aliphatic rings. The van der Waals surface area contributed by atoms with Gasteiger partial charge in [-0.25, -0.2) is 0 Å². The minimum atomic E-state index is 0.624. The molecule has 0 aromatic carbocycles. The number of nitrogens with zero attached hydrogens (tertiary/aromatic N) is 3. The van der Waals surface area contributed by atoms with E-state index in [0.29, 0.717) is 12.0 Å². The van der Waals surface area contributed by atoms with Crippen LogP contribution in [0.5, 0.6) is 0 Å². The van der Waals surface area contributed by atoms with Gasteiger partial charge in [-0.2, -0.15) is 0 Å². The van der Waals surface area contributed by atoms with Crippen LogP contribution in [0.15, 0.2) is 4.99 Å². The van der Waals surface area contributed by atoms with Gasteiger partial charge in [0.05, 0.1) is 13.2 Å². The van der Waals surface area contributed by atoms with Crippen LogP contribution in [0.3, 0.4) is 0 Å². The fraction of sp³-hybridized carbons (Fsp3) is 0.941. The lowest BCUT2D eigenvalue weighted by Crippen LogP contribution is -2.42. The predicted molar refractivity (Wildman–Crippen MR) is 92.4 cm³/mol. The Morgan fingerprint density at radius 3 is 2.64 bits per heavy atom. The van der Waals surface area contributed by atoms with Crippen molar-refractivity contribution in [3.05, 3.63) is 0 Å². The topological polar surface area (TPSA) is 40.1 Å². The van der Waals surface area contributed by atoms with Crippen LogP contribution in [0.1, 0.15) is 40.0 Å². The molecular weight excluding hydrogens is 276 g/mol. The number of rotatable bonds is 8. The highest BCUT2D eigenvalue weighted by Crippen LogP contribution is 2.28. The molecule has 0 radical (unpaired) electrons. The first kappa shape index (κ1) is 17.5. The Kier molecular flexibility index (Phi) is 6.96. The van der Waals surface area contributed by atoms with Gasteiger partial charge in [-0.3, -0.25) is 9.89 Å². The van der Waals surface area contributed by atoms with Crippen molar-refractivity contribution in [2.24, 2.45) is 10.9 Å². The number of hydrogen-bond acceptors (Lipinski definition) is 3. The SMILES string of the molecule is CCNC(=NCCN(C(C)C)C1CC1)N(C)CC1CCOC1. The molecule has 1 unspecified atom stereocenters. The summed E-state index contributed by atoms with van der Waals surface area (Å²) in [5, 5.41) is 3.42. The average molecular weight is 310 g/mol. The van der Waals surface area contributed by atoms with Crippen LogP contribution in [0, 0.1) is 5.92 Å². The Labute approximate surface area is 136 Å². The van der Waals surface area contributed by atoms with Gasteiger partial charge in [-0.05, 0) is 40.0 Å². The first-order chi connectivity index (χ1) is 10.6. The summed E-state index contributed by atoms with van der Waals surface area (Å²) < 4.78 is 5.48. The molecule has 1 atom stereocenters. The van der Waals surface area contributed by atoms with Crippen molar-refractivity contribution in [1.29, 1.82) is 0 Å². The van der Waals surface area contributed by atoms with E-state index >= 15 is 0 Å². The van der Waals surface area contributed by atoms with Crippen molar-refractivity contribution < 1.29 is 4.74 Å². The molecule has 1 aliphatic heterocycles. The lowest BCUT2D eigenvalue weighted by atomic mass is 10.1. The Morgan fingerprint density at radius 2 is 2.09 bits per heavy atom. The second kappa shape index (κ2) is 8.73. The van der Waals surface area contributed by atoms with Crippen molar-refractivity contribution in [2.45, 2.75) is 52.1 Å². The molecule has 5 nitrogen and oxygen atoms in total. The quantitative estimate of drug-likeness (QED) is 0.548. The smallest absolute Gasteiger partial charge is 0.193 e. The van der Waals surface area contributed by atoms with Crippen LogP contribution < -0.4 is 5.32 Å². The first-order valence-corrected chi connectivity index (χ1v) is 8.94. The summed E-state index contributed by atoms with van der Waals surface area (Å²) >= 11 is 0. The molecule has 1 N–H and O–H groups in total. The predicted octanol–water partition coefficient (Wildman–Crippen LogP) is 1.79. The number of hydrogen-bond donors (Lipinski definition) is 1. The fourth-order valence-electron chi connectivity index (χ4n) is 3.21. The monoisotopic (exact) mass is 310 g/mol. The van der Waals surface area contributed by atoms with E-state index in [9.17, 15) is 0 Å². The molecule has 128 valence electrons. The summed E-state index contributed by atoms with van der Waals surface area (Å²) in [6, 6.07) is 1.44. The highest BCUT2D eigenvalue weighted by atomic mass is 16.5. The van der Waals surface area contributed by atoms with Crippen molar-refractivity contribution in [2.75, 3.05) is 46.4 Å². The van der Waals surface area contributed by atoms with Gasteiger partial charge in [-0.1, -0.05) is 0 Å². The van der Waals surface area contributed by atoms with Gasteiger partial charge in [0.1, 0.15) is 0 Å². The maximum Gasteiger partial charge on any atom is 0.193 e. The third-order valence-electron chi connectivity index (χ3n) is 4.55. The Morgan fingerprint density at radius 1 is 1.32 bits per heavy atom. The molecule has 5 heteroatoms. The normalized spacial score (nSPS) is 22.6. The van der Waals surface area contributed by atoms with Crippen LogP contribution in [-0.2, 0) is 4.74 Å². The second-order valence-corrected chi connectivity index (χ2v) is 6.91. The highest BCUT2D eigenvalue weighted by molar-refractivity contribution is 5.79. The van der Waals surface area contributed by atoms with E-state index in [1.165, 1.54) is 19.3 Å². The molecule has 0 bridgehead atoms. The van der Waals surface area contributed by atoms with E-state index in [2.05, 4.69) is 42.9 Å². The van der Waals surface area contributed by atoms with Crippen LogP contribution in [0.4, 0.5) is 0 Å². The van der Waals surface area contributed by atoms with Crippen molar-refractivity contribution in [1.82, 2.24) is 15.1 Å². The van der Waals surface area contributed by atoms with Gasteiger partial charge in [0.15, 0.2) is 5.96 Å². The molecule has 0 spiro atoms. The Bertz CT molecular complexity index is 347. The van der Waals surface area contributed by atoms with E-state index in [4.69, 9.17) is 9.73 Å². The van der Waals surface area contributed by atoms with Crippen LogP contribution in [-0.4, -0.2) is 74.3 Å². The molecule has 0 amide bonds. The average Bonchev–Trinajstić information content (AvgIpc) is 3.18. The summed E-state index contributed by atoms with van der Waals surface area (Å²) in [6.45, 7) is 12.4. The molecule has 2 rings (SSSR count). The van der Waals surface area contributed by atoms with Gasteiger partial charge in [-0.15, -0.1) is 0 Å². The van der Waals surface area contributed by atoms with Gasteiger partial charge in [0.2, 0.25) is 0 Å². The van der Waals surface area contributed by atoms with Gasteiger partial charge < -0.3 is 15.0 Å². The Hall–Kier alpha value is -0.810. The number of guanidine groups is 1. The number of aliphatic imine (C=N–C) groups is 1. The van der Waals surface area contributed by atoms with Crippen LogP contribution in [0.25, 0.3) is 0 Å². The molecule has 1 saturated carbocycles. The zero-order valence-electron chi connectivity index (χ0n) is 14.8. The molecule has 1 saturated heterocycles. The number of ether oxygens (including phenoxy) is 1. The van der Waals surface area contributed by atoms with Gasteiger partial charge >= 0.3 is 0 Å². The molecule has 1 heterocycles. The minimum absolute atomic E-state index is 0.624. The van der Waals surface area contributed by atoms with E-state index in [0.717, 1.165) is 51.4 Å². The largest absolute Gasteiger partial charge is 0.381 e. The third-order valence-corrected chi connectivity index (χ3v) is 4.55. The standard InChI is InChI=1S/C17H34N4O/c1-5-18-17(20(4)12-15-8-11-22-13-15)19-9-10-21(14(2)3)16-6-7-16/h14-16H,5-13H2,1-4H3,(H,18,19).